The van der Waals surface area contributed by atoms with Crippen molar-refractivity contribution in [3.8, 4) is 0 Å². The van der Waals surface area contributed by atoms with Crippen LogP contribution in [0.4, 0.5) is 11.4 Å². The molecule has 0 aliphatic heterocycles. The third kappa shape index (κ3) is 33.2. The minimum Gasteiger partial charge on any atom is -0.469 e. The summed E-state index contributed by atoms with van der Waals surface area (Å²) in [4.78, 5) is 57.9. The van der Waals surface area contributed by atoms with Gasteiger partial charge < -0.3 is 31.8 Å². The van der Waals surface area contributed by atoms with Crippen molar-refractivity contribution in [1.82, 2.24) is 0 Å². The molecule has 0 aromatic heterocycles. The number of benzene rings is 4. The van der Waals surface area contributed by atoms with Gasteiger partial charge in [-0.2, -0.15) is 0 Å². The number of hydrogen-bond acceptors (Lipinski definition) is 8. The van der Waals surface area contributed by atoms with E-state index >= 15 is 0 Å². The molecule has 3 atom stereocenters. The van der Waals surface area contributed by atoms with Crippen molar-refractivity contribution in [2.24, 2.45) is 27.7 Å². The maximum absolute atomic E-state index is 14.3. The van der Waals surface area contributed by atoms with E-state index in [1.807, 2.05) is 12.4 Å². The summed E-state index contributed by atoms with van der Waals surface area (Å²) < 4.78 is 8.75. The number of rotatable bonds is 15. The van der Waals surface area contributed by atoms with Gasteiger partial charge >= 0.3 is 11.9 Å². The molecule has 608 valence electrons. The average molecular weight is 1640 g/mol. The minimum atomic E-state index is -1.01. The third-order valence-electron chi connectivity index (χ3n) is 19.9. The first kappa shape index (κ1) is 109. The van der Waals surface area contributed by atoms with Gasteiger partial charge in [0.25, 0.3) is 0 Å². The molecule has 14 heteroatoms. The fourth-order valence-corrected chi connectivity index (χ4v) is 30.0. The Morgan fingerprint density at radius 1 is 0.495 bits per heavy atom. The van der Waals surface area contributed by atoms with Crippen LogP contribution in [0.2, 0.25) is 0 Å². The van der Waals surface area contributed by atoms with E-state index in [1.54, 1.807) is 27.7 Å². The van der Waals surface area contributed by atoms with Gasteiger partial charge in [-0.15, -0.1) is 0 Å². The van der Waals surface area contributed by atoms with Crippen LogP contribution in [-0.2, 0) is 79.8 Å². The van der Waals surface area contributed by atoms with Crippen molar-refractivity contribution in [3.05, 3.63) is 152 Å². The molecule has 4 aromatic carbocycles. The van der Waals surface area contributed by atoms with Crippen LogP contribution >= 0.6 is 23.8 Å². The average Bonchev–Trinajstić information content (AvgIpc) is 1.58. The number of ketones is 2. The summed E-state index contributed by atoms with van der Waals surface area (Å²) in [5.41, 5.74) is 14.9. The van der Waals surface area contributed by atoms with Gasteiger partial charge in [-0.3, -0.25) is 29.2 Å². The summed E-state index contributed by atoms with van der Waals surface area (Å²) in [6.07, 6.45) is 21.5. The molecule has 4 aromatic rings. The number of esters is 2. The topological polar surface area (TPSA) is 111 Å². The third-order valence-corrected chi connectivity index (χ3v) is 32.7. The number of methoxy groups -OCH3 is 2. The SMILES string of the molecule is CC(C)(C)P(C1C(=O)C([PH+](C(C)(C)C)C(C)(C)C)c2ccccc21)C(C)(C)C.CC(C)c1cccc(C(C)C)c1N=CC=Nc1c(C(C)C)cccc1C(C)C.CCC(C)C.COC(=O)C(C)C.COC(=O)C(C)C.O=C1c2ccccc2CCC1[PH+](C1CCCCC1)C1CCCCC1.[CH3-].[CH3-].[CH3-].[Ni].[Ni].[Ni]. The van der Waals surface area contributed by atoms with E-state index in [4.69, 9.17) is 9.98 Å². The Labute approximate surface area is 680 Å². The van der Waals surface area contributed by atoms with Gasteiger partial charge in [0.15, 0.2) is 11.4 Å². The first-order valence-corrected chi connectivity index (χ1v) is 43.1. The van der Waals surface area contributed by atoms with Crippen LogP contribution in [0.1, 0.15) is 348 Å². The molecule has 0 amide bonds. The molecule has 8 rings (SSSR count). The number of carbonyl (C=O) groups is 4. The Bertz CT molecular complexity index is 2940. The smallest absolute Gasteiger partial charge is 0.308 e. The number of carbonyl (C=O) groups excluding carboxylic acids is 4. The van der Waals surface area contributed by atoms with Crippen LogP contribution in [0.5, 0.6) is 0 Å². The second kappa shape index (κ2) is 51.0. The number of aryl methyl sites for hydroxylation is 1. The maximum atomic E-state index is 14.3. The predicted molar refractivity (Wildman–Crippen MR) is 460 cm³/mol. The fourth-order valence-electron chi connectivity index (χ4n) is 15.5. The van der Waals surface area contributed by atoms with E-state index in [0.29, 0.717) is 40.9 Å². The number of fused-ring (bicyclic) bond motifs is 2. The largest absolute Gasteiger partial charge is 0.469 e. The molecule has 8 nitrogen and oxygen atoms in total. The molecule has 3 unspecified atom stereocenters. The van der Waals surface area contributed by atoms with Crippen molar-refractivity contribution in [3.63, 3.8) is 0 Å². The molecular formula is C91H152N2Ni3O6P3-. The van der Waals surface area contributed by atoms with Gasteiger partial charge in [-0.25, -0.2) is 0 Å². The fraction of sp³-hybridized carbons (Fsp3) is 0.637. The Hall–Kier alpha value is -2.73. The van der Waals surface area contributed by atoms with Crippen LogP contribution in [0.15, 0.2) is 94.9 Å². The molecule has 0 bridgehead atoms. The van der Waals surface area contributed by atoms with Crippen molar-refractivity contribution >= 4 is 71.1 Å². The van der Waals surface area contributed by atoms with Gasteiger partial charge in [0.1, 0.15) is 5.66 Å². The molecule has 0 heterocycles. The van der Waals surface area contributed by atoms with E-state index < -0.39 is 23.8 Å². The van der Waals surface area contributed by atoms with Crippen LogP contribution < -0.4 is 0 Å². The normalized spacial score (nSPS) is 16.8. The quantitative estimate of drug-likeness (QED) is 0.0385. The Balaban J connectivity index is -0.000000631. The van der Waals surface area contributed by atoms with E-state index in [0.717, 1.165) is 47.0 Å². The van der Waals surface area contributed by atoms with Gasteiger partial charge in [-0.05, 0) is 179 Å². The molecule has 0 N–H and O–H groups in total. The minimum absolute atomic E-state index is 0. The number of hydrogen-bond donors (Lipinski definition) is 0. The molecule has 4 aliphatic rings. The van der Waals surface area contributed by atoms with Gasteiger partial charge in [0, 0.05) is 88.9 Å². The van der Waals surface area contributed by atoms with E-state index in [-0.39, 0.29) is 127 Å². The van der Waals surface area contributed by atoms with Gasteiger partial charge in [-0.1, -0.05) is 258 Å². The van der Waals surface area contributed by atoms with Crippen molar-refractivity contribution < 1.29 is 78.1 Å². The molecule has 2 saturated carbocycles. The number of aliphatic imine (C=N–C) groups is 2. The zero-order valence-corrected chi connectivity index (χ0v) is 78.0. The first-order valence-electron chi connectivity index (χ1n) is 38.4. The standard InChI is InChI=1S/C26H36N2.C25H42OP2.C22H31OP.2C5H10O2.C5H12.3CH3.3Ni/c1-17(2)21-11-9-12-22(18(3)4)25(21)27-15-16-28-26-23(19(5)6)13-10-14-24(26)20(7)8;1-22(2,3)27(23(4,5)6)20-17-15-13-14-16-18(17)21(19(20)26)28(24(7,8)9)25(10,11)12;23-22-20-14-8-7-9-17(20)15-16-21(22)24(18-10-3-1-4-11-18)19-12-5-2-6-13-19;2*1-4(2)5(6)7-3;1-4-5(2)3;;;;;;/h9-20H,1-8H3;13-16,20-21H,1-12H3;7-9,14,18-19,21H,1-6,10-13,15-16H2;2*4H,1-3H3;5H,4H2,1-3H3;3*1H3;;;/q;;;;;;3*-1;;;/p+2. The molecule has 0 radical (unpaired) electrons. The number of ether oxygens (including phenoxy) is 2. The molecule has 105 heavy (non-hydrogen) atoms. The molecule has 4 aliphatic carbocycles. The number of nitrogens with zero attached hydrogens (tertiary/aromatic N) is 2. The predicted octanol–water partition coefficient (Wildman–Crippen LogP) is 27.6. The molecular weight excluding hydrogens is 1490 g/mol. The molecule has 0 saturated heterocycles. The van der Waals surface area contributed by atoms with Gasteiger partial charge in [0.05, 0.1) is 64.7 Å². The van der Waals surface area contributed by atoms with E-state index in [2.05, 4.69) is 254 Å². The molecule has 2 fully saturated rings. The zero-order valence-electron chi connectivity index (χ0n) is 72.1. The summed E-state index contributed by atoms with van der Waals surface area (Å²) in [6, 6.07) is 30.3. The van der Waals surface area contributed by atoms with Crippen molar-refractivity contribution in [2.75, 3.05) is 14.2 Å². The van der Waals surface area contributed by atoms with E-state index in [9.17, 15) is 19.2 Å². The second-order valence-corrected chi connectivity index (χ2v) is 46.4. The zero-order chi connectivity index (χ0) is 75.1. The summed E-state index contributed by atoms with van der Waals surface area (Å²) >= 11 is 0. The Morgan fingerprint density at radius 2 is 0.829 bits per heavy atom. The first-order chi connectivity index (χ1) is 46.1. The molecule has 0 spiro atoms. The summed E-state index contributed by atoms with van der Waals surface area (Å²) in [7, 11) is 0.662. The number of para-hydroxylation sites is 2. The summed E-state index contributed by atoms with van der Waals surface area (Å²) in [5, 5.41) is 0.591. The van der Waals surface area contributed by atoms with Crippen molar-refractivity contribution in [2.45, 2.75) is 343 Å². The number of Topliss-reactive ketones (excluding diaryl/α,β-unsaturated/α-hetero) is 2. The Morgan fingerprint density at radius 3 is 1.12 bits per heavy atom. The van der Waals surface area contributed by atoms with E-state index in [1.165, 1.54) is 124 Å². The summed E-state index contributed by atoms with van der Waals surface area (Å²) in [5.74, 6) is 3.41. The maximum Gasteiger partial charge on any atom is 0.308 e. The van der Waals surface area contributed by atoms with Crippen LogP contribution in [-0.4, -0.2) is 87.8 Å². The van der Waals surface area contributed by atoms with Crippen LogP contribution in [0.3, 0.4) is 0 Å². The van der Waals surface area contributed by atoms with Crippen molar-refractivity contribution in [1.29, 1.82) is 0 Å². The second-order valence-electron chi connectivity index (χ2n) is 34.7. The Kier molecular flexibility index (Phi) is 52.8. The summed E-state index contributed by atoms with van der Waals surface area (Å²) in [6.45, 7) is 59.8. The van der Waals surface area contributed by atoms with Crippen LogP contribution in [0, 0.1) is 40.0 Å². The van der Waals surface area contributed by atoms with Gasteiger partial charge in [0.2, 0.25) is 5.78 Å². The van der Waals surface area contributed by atoms with Crippen LogP contribution in [0.25, 0.3) is 0 Å². The monoisotopic (exact) mass is 1640 g/mol.